The van der Waals surface area contributed by atoms with Gasteiger partial charge in [-0.1, -0.05) is 6.08 Å². The Hall–Kier alpha value is -1.89. The third-order valence-corrected chi connectivity index (χ3v) is 1.47. The number of hydrogen-bond acceptors (Lipinski definition) is 4. The van der Waals surface area contributed by atoms with E-state index in [1.54, 1.807) is 6.08 Å². The minimum atomic E-state index is 0.464. The van der Waals surface area contributed by atoms with Crippen LogP contribution < -0.4 is 5.32 Å². The fourth-order valence-corrected chi connectivity index (χ4v) is 0.845. The molecule has 0 unspecified atom stereocenters. The fourth-order valence-electron chi connectivity index (χ4n) is 0.845. The first-order valence-electron chi connectivity index (χ1n) is 3.93. The molecule has 0 aromatic carbocycles. The molecule has 4 nitrogen and oxygen atoms in total. The maximum atomic E-state index is 8.68. The van der Waals surface area contributed by atoms with Crippen molar-refractivity contribution in [1.82, 2.24) is 9.97 Å². The molecule has 0 aliphatic carbocycles. The molecule has 66 valence electrons. The highest BCUT2D eigenvalue weighted by atomic mass is 15.0. The van der Waals surface area contributed by atoms with Crippen molar-refractivity contribution in [1.29, 1.82) is 5.26 Å². The Labute approximate surface area is 76.9 Å². The van der Waals surface area contributed by atoms with Crippen LogP contribution in [-0.4, -0.2) is 16.5 Å². The Bertz CT molecular complexity index is 327. The molecule has 0 saturated carbocycles. The third kappa shape index (κ3) is 2.56. The van der Waals surface area contributed by atoms with E-state index in [0.29, 0.717) is 11.4 Å². The van der Waals surface area contributed by atoms with E-state index in [2.05, 4.69) is 21.9 Å². The van der Waals surface area contributed by atoms with E-state index < -0.39 is 0 Å². The quantitative estimate of drug-likeness (QED) is 0.552. The molecule has 13 heavy (non-hydrogen) atoms. The maximum Gasteiger partial charge on any atom is 0.147 e. The number of rotatable bonds is 4. The lowest BCUT2D eigenvalue weighted by Crippen LogP contribution is -2.04. The molecule has 0 radical (unpaired) electrons. The molecule has 0 amide bonds. The Morgan fingerprint density at radius 1 is 1.69 bits per heavy atom. The van der Waals surface area contributed by atoms with E-state index in [0.717, 1.165) is 13.0 Å². The first kappa shape index (κ1) is 9.20. The molecule has 0 aliphatic heterocycles. The van der Waals surface area contributed by atoms with Gasteiger partial charge in [0.2, 0.25) is 0 Å². The van der Waals surface area contributed by atoms with Crippen LogP contribution in [0.25, 0.3) is 0 Å². The SMILES string of the molecule is C=CCCNc1ncncc1C#N. The van der Waals surface area contributed by atoms with Crippen molar-refractivity contribution in [2.24, 2.45) is 0 Å². The van der Waals surface area contributed by atoms with Crippen LogP contribution in [0, 0.1) is 11.3 Å². The highest BCUT2D eigenvalue weighted by Crippen LogP contribution is 2.07. The average Bonchev–Trinajstić information content (AvgIpc) is 2.19. The lowest BCUT2D eigenvalue weighted by atomic mass is 10.3. The molecule has 1 N–H and O–H groups in total. The Morgan fingerprint density at radius 2 is 2.54 bits per heavy atom. The van der Waals surface area contributed by atoms with Crippen LogP contribution in [0.5, 0.6) is 0 Å². The third-order valence-electron chi connectivity index (χ3n) is 1.47. The summed E-state index contributed by atoms with van der Waals surface area (Å²) in [6, 6.07) is 2.01. The summed E-state index contributed by atoms with van der Waals surface area (Å²) in [5.41, 5.74) is 0.464. The standard InChI is InChI=1S/C9H10N4/c1-2-3-4-12-9-8(5-10)6-11-7-13-9/h2,6-7H,1,3-4H2,(H,11,12,13). The van der Waals surface area contributed by atoms with E-state index in [1.165, 1.54) is 12.5 Å². The summed E-state index contributed by atoms with van der Waals surface area (Å²) < 4.78 is 0. The lowest BCUT2D eigenvalue weighted by molar-refractivity contribution is 1.03. The molecular weight excluding hydrogens is 164 g/mol. The van der Waals surface area contributed by atoms with E-state index >= 15 is 0 Å². The number of aromatic nitrogens is 2. The summed E-state index contributed by atoms with van der Waals surface area (Å²) in [5, 5.41) is 11.7. The lowest BCUT2D eigenvalue weighted by Gasteiger charge is -2.03. The topological polar surface area (TPSA) is 61.6 Å². The molecule has 0 bridgehead atoms. The minimum Gasteiger partial charge on any atom is -0.369 e. The van der Waals surface area contributed by atoms with Crippen molar-refractivity contribution in [3.05, 3.63) is 30.7 Å². The van der Waals surface area contributed by atoms with Gasteiger partial charge in [-0.05, 0) is 6.42 Å². The second kappa shape index (κ2) is 4.88. The van der Waals surface area contributed by atoms with Crippen LogP contribution in [-0.2, 0) is 0 Å². The van der Waals surface area contributed by atoms with Crippen molar-refractivity contribution in [2.75, 3.05) is 11.9 Å². The molecule has 4 heteroatoms. The minimum absolute atomic E-state index is 0.464. The van der Waals surface area contributed by atoms with Gasteiger partial charge in [-0.15, -0.1) is 6.58 Å². The van der Waals surface area contributed by atoms with Crippen LogP contribution in [0.2, 0.25) is 0 Å². The predicted octanol–water partition coefficient (Wildman–Crippen LogP) is 1.34. The molecule has 0 aliphatic rings. The molecular formula is C9H10N4. The molecule has 0 saturated heterocycles. The van der Waals surface area contributed by atoms with E-state index in [1.807, 2.05) is 6.07 Å². The first-order valence-corrected chi connectivity index (χ1v) is 3.93. The normalized spacial score (nSPS) is 8.85. The van der Waals surface area contributed by atoms with Crippen LogP contribution >= 0.6 is 0 Å². The second-order valence-electron chi connectivity index (χ2n) is 2.40. The highest BCUT2D eigenvalue weighted by molar-refractivity contribution is 5.49. The number of nitrogens with one attached hydrogen (secondary N) is 1. The second-order valence-corrected chi connectivity index (χ2v) is 2.40. The van der Waals surface area contributed by atoms with Crippen molar-refractivity contribution in [2.45, 2.75) is 6.42 Å². The predicted molar refractivity (Wildman–Crippen MR) is 50.1 cm³/mol. The molecule has 1 rings (SSSR count). The Morgan fingerprint density at radius 3 is 3.23 bits per heavy atom. The van der Waals surface area contributed by atoms with Crippen LogP contribution in [0.1, 0.15) is 12.0 Å². The molecule has 0 atom stereocenters. The summed E-state index contributed by atoms with van der Waals surface area (Å²) in [7, 11) is 0. The van der Waals surface area contributed by atoms with Crippen LogP contribution in [0.3, 0.4) is 0 Å². The summed E-state index contributed by atoms with van der Waals surface area (Å²) in [4.78, 5) is 7.69. The van der Waals surface area contributed by atoms with Crippen LogP contribution in [0.15, 0.2) is 25.2 Å². The van der Waals surface area contributed by atoms with Gasteiger partial charge in [-0.2, -0.15) is 5.26 Å². The molecule has 1 heterocycles. The largest absolute Gasteiger partial charge is 0.369 e. The van der Waals surface area contributed by atoms with Crippen molar-refractivity contribution < 1.29 is 0 Å². The summed E-state index contributed by atoms with van der Waals surface area (Å²) in [6.07, 6.45) is 5.55. The summed E-state index contributed by atoms with van der Waals surface area (Å²) >= 11 is 0. The first-order chi connectivity index (χ1) is 6.38. The van der Waals surface area contributed by atoms with Gasteiger partial charge < -0.3 is 5.32 Å². The Balaban J connectivity index is 2.65. The maximum absolute atomic E-state index is 8.68. The van der Waals surface area contributed by atoms with Gasteiger partial charge in [0, 0.05) is 6.54 Å². The van der Waals surface area contributed by atoms with Crippen molar-refractivity contribution in [3.8, 4) is 6.07 Å². The van der Waals surface area contributed by atoms with Crippen molar-refractivity contribution in [3.63, 3.8) is 0 Å². The van der Waals surface area contributed by atoms with Gasteiger partial charge in [0.25, 0.3) is 0 Å². The van der Waals surface area contributed by atoms with Gasteiger partial charge in [-0.3, -0.25) is 0 Å². The fraction of sp³-hybridized carbons (Fsp3) is 0.222. The van der Waals surface area contributed by atoms with Gasteiger partial charge in [0.05, 0.1) is 6.20 Å². The molecule has 0 spiro atoms. The molecule has 0 fully saturated rings. The summed E-state index contributed by atoms with van der Waals surface area (Å²) in [5.74, 6) is 0.583. The monoisotopic (exact) mass is 174 g/mol. The number of nitriles is 1. The number of hydrogen-bond donors (Lipinski definition) is 1. The zero-order chi connectivity index (χ0) is 9.52. The molecule has 1 aromatic heterocycles. The van der Waals surface area contributed by atoms with Gasteiger partial charge in [0.15, 0.2) is 0 Å². The van der Waals surface area contributed by atoms with Crippen molar-refractivity contribution >= 4 is 5.82 Å². The zero-order valence-corrected chi connectivity index (χ0v) is 7.20. The highest BCUT2D eigenvalue weighted by Gasteiger charge is 2.00. The van der Waals surface area contributed by atoms with Gasteiger partial charge in [-0.25, -0.2) is 9.97 Å². The summed E-state index contributed by atoms with van der Waals surface area (Å²) in [6.45, 7) is 4.33. The number of nitrogens with zero attached hydrogens (tertiary/aromatic N) is 3. The molecule has 1 aromatic rings. The van der Waals surface area contributed by atoms with Gasteiger partial charge in [0.1, 0.15) is 23.8 Å². The smallest absolute Gasteiger partial charge is 0.147 e. The zero-order valence-electron chi connectivity index (χ0n) is 7.20. The van der Waals surface area contributed by atoms with E-state index in [-0.39, 0.29) is 0 Å². The van der Waals surface area contributed by atoms with Crippen LogP contribution in [0.4, 0.5) is 5.82 Å². The van der Waals surface area contributed by atoms with E-state index in [9.17, 15) is 0 Å². The number of anilines is 1. The van der Waals surface area contributed by atoms with Gasteiger partial charge >= 0.3 is 0 Å². The Kier molecular flexibility index (Phi) is 3.45. The average molecular weight is 174 g/mol. The van der Waals surface area contributed by atoms with E-state index in [4.69, 9.17) is 5.26 Å².